The SMILES string of the molecule is CN1CCN(c2ccc(C(=O)NC[C@@H]3Cc4cc(-c5cncnc5)cc(Cl)c4O3)cc2)CC1. The standard InChI is InChI=1S/C25H26ClN5O2/c1-30-6-8-31(9-7-30)21-4-2-17(3-5-21)25(32)29-15-22-11-19-10-18(12-23(26)24(19)33-22)20-13-27-16-28-14-20/h2-5,10,12-14,16,22H,6-9,11,15H2,1H3,(H,29,32)/t22-/m0/s1. The molecule has 1 saturated heterocycles. The number of hydrogen-bond donors (Lipinski definition) is 1. The number of carbonyl (C=O) groups excluding carboxylic acids is 1. The van der Waals surface area contributed by atoms with Crippen LogP contribution in [0.4, 0.5) is 5.69 Å². The van der Waals surface area contributed by atoms with Crippen LogP contribution < -0.4 is 15.0 Å². The molecule has 5 rings (SSSR count). The number of nitrogens with zero attached hydrogens (tertiary/aromatic N) is 4. The van der Waals surface area contributed by atoms with Gasteiger partial charge in [0.05, 0.1) is 11.6 Å². The molecule has 3 aromatic rings. The predicted octanol–water partition coefficient (Wildman–Crippen LogP) is 3.28. The van der Waals surface area contributed by atoms with E-state index in [-0.39, 0.29) is 12.0 Å². The molecule has 0 aliphatic carbocycles. The van der Waals surface area contributed by atoms with Crippen LogP contribution in [0.1, 0.15) is 15.9 Å². The van der Waals surface area contributed by atoms with Crippen LogP contribution in [0.5, 0.6) is 5.75 Å². The highest BCUT2D eigenvalue weighted by Gasteiger charge is 2.26. The first-order chi connectivity index (χ1) is 16.1. The third-order valence-corrected chi connectivity index (χ3v) is 6.52. The first kappa shape index (κ1) is 21.7. The van der Waals surface area contributed by atoms with Crippen molar-refractivity contribution in [3.05, 3.63) is 71.3 Å². The van der Waals surface area contributed by atoms with Crippen molar-refractivity contribution in [2.45, 2.75) is 12.5 Å². The number of halogens is 1. The van der Waals surface area contributed by atoms with Gasteiger partial charge < -0.3 is 19.9 Å². The molecule has 1 fully saturated rings. The van der Waals surface area contributed by atoms with Crippen molar-refractivity contribution in [3.8, 4) is 16.9 Å². The minimum Gasteiger partial charge on any atom is -0.486 e. The van der Waals surface area contributed by atoms with Crippen LogP contribution >= 0.6 is 11.6 Å². The molecule has 0 radical (unpaired) electrons. The minimum atomic E-state index is -0.159. The van der Waals surface area contributed by atoms with Crippen LogP contribution in [0.25, 0.3) is 11.1 Å². The number of aromatic nitrogens is 2. The number of piperazine rings is 1. The van der Waals surface area contributed by atoms with E-state index in [1.54, 1.807) is 12.4 Å². The molecule has 170 valence electrons. The van der Waals surface area contributed by atoms with Gasteiger partial charge in [-0.25, -0.2) is 9.97 Å². The lowest BCUT2D eigenvalue weighted by Gasteiger charge is -2.34. The molecule has 1 amide bonds. The number of amides is 1. The summed E-state index contributed by atoms with van der Waals surface area (Å²) in [6.07, 6.45) is 5.54. The number of hydrogen-bond acceptors (Lipinski definition) is 6. The highest BCUT2D eigenvalue weighted by Crippen LogP contribution is 2.39. The molecule has 1 atom stereocenters. The molecule has 1 aromatic heterocycles. The monoisotopic (exact) mass is 463 g/mol. The van der Waals surface area contributed by atoms with Crippen LogP contribution in [0, 0.1) is 0 Å². The average Bonchev–Trinajstić information content (AvgIpc) is 3.27. The third-order valence-electron chi connectivity index (χ3n) is 6.23. The molecule has 0 unspecified atom stereocenters. The van der Waals surface area contributed by atoms with Gasteiger partial charge >= 0.3 is 0 Å². The molecule has 8 heteroatoms. The number of rotatable bonds is 5. The van der Waals surface area contributed by atoms with E-state index in [0.717, 1.165) is 48.6 Å². The maximum absolute atomic E-state index is 12.7. The summed E-state index contributed by atoms with van der Waals surface area (Å²) in [5.74, 6) is 0.584. The van der Waals surface area contributed by atoms with Gasteiger partial charge in [-0.05, 0) is 49.0 Å². The van der Waals surface area contributed by atoms with Gasteiger partial charge in [0.15, 0.2) is 0 Å². The molecule has 2 aromatic carbocycles. The summed E-state index contributed by atoms with van der Waals surface area (Å²) in [6.45, 7) is 4.52. The number of ether oxygens (including phenoxy) is 1. The Morgan fingerprint density at radius 1 is 1.09 bits per heavy atom. The Balaban J connectivity index is 1.18. The summed E-state index contributed by atoms with van der Waals surface area (Å²) in [5, 5.41) is 3.55. The van der Waals surface area contributed by atoms with Crippen LogP contribution in [0.15, 0.2) is 55.1 Å². The Hall–Kier alpha value is -3.16. The lowest BCUT2D eigenvalue weighted by molar-refractivity contribution is 0.0933. The van der Waals surface area contributed by atoms with E-state index in [9.17, 15) is 4.79 Å². The average molecular weight is 464 g/mol. The van der Waals surface area contributed by atoms with Crippen LogP contribution in [0.2, 0.25) is 5.02 Å². The van der Waals surface area contributed by atoms with Crippen molar-refractivity contribution < 1.29 is 9.53 Å². The number of nitrogens with one attached hydrogen (secondary N) is 1. The third kappa shape index (κ3) is 4.79. The molecule has 1 N–H and O–H groups in total. The maximum Gasteiger partial charge on any atom is 0.251 e. The van der Waals surface area contributed by atoms with E-state index in [0.29, 0.717) is 29.3 Å². The van der Waals surface area contributed by atoms with Crippen molar-refractivity contribution in [1.29, 1.82) is 0 Å². The maximum atomic E-state index is 12.7. The summed E-state index contributed by atoms with van der Waals surface area (Å²) < 4.78 is 6.03. The predicted molar refractivity (Wildman–Crippen MR) is 129 cm³/mol. The molecule has 33 heavy (non-hydrogen) atoms. The van der Waals surface area contributed by atoms with E-state index in [1.807, 2.05) is 30.3 Å². The summed E-state index contributed by atoms with van der Waals surface area (Å²) >= 11 is 6.48. The zero-order chi connectivity index (χ0) is 22.8. The van der Waals surface area contributed by atoms with Crippen molar-refractivity contribution in [2.75, 3.05) is 44.7 Å². The number of carbonyl (C=O) groups is 1. The number of benzene rings is 2. The fraction of sp³-hybridized carbons (Fsp3) is 0.320. The van der Waals surface area contributed by atoms with Gasteiger partial charge in [-0.2, -0.15) is 0 Å². The first-order valence-corrected chi connectivity index (χ1v) is 11.5. The van der Waals surface area contributed by atoms with Gasteiger partial charge in [-0.15, -0.1) is 0 Å². The Labute approximate surface area is 198 Å². The molecule has 0 spiro atoms. The molecule has 2 aliphatic rings. The quantitative estimate of drug-likeness (QED) is 0.626. The van der Waals surface area contributed by atoms with Gasteiger partial charge in [0.2, 0.25) is 0 Å². The summed E-state index contributed by atoms with van der Waals surface area (Å²) in [7, 11) is 2.14. The zero-order valence-corrected chi connectivity index (χ0v) is 19.3. The fourth-order valence-electron chi connectivity index (χ4n) is 4.31. The van der Waals surface area contributed by atoms with E-state index < -0.39 is 0 Å². The molecule has 0 bridgehead atoms. The smallest absolute Gasteiger partial charge is 0.251 e. The van der Waals surface area contributed by atoms with Gasteiger partial charge in [0, 0.05) is 67.4 Å². The molecular formula is C25H26ClN5O2. The lowest BCUT2D eigenvalue weighted by Crippen LogP contribution is -2.44. The Morgan fingerprint density at radius 2 is 1.82 bits per heavy atom. The molecule has 3 heterocycles. The summed E-state index contributed by atoms with van der Waals surface area (Å²) in [5.41, 5.74) is 4.68. The molecule has 7 nitrogen and oxygen atoms in total. The van der Waals surface area contributed by atoms with Gasteiger partial charge in [0.1, 0.15) is 18.2 Å². The summed E-state index contributed by atoms with van der Waals surface area (Å²) in [4.78, 5) is 25.5. The minimum absolute atomic E-state index is 0.104. The van der Waals surface area contributed by atoms with Crippen molar-refractivity contribution in [2.24, 2.45) is 0 Å². The van der Waals surface area contributed by atoms with E-state index >= 15 is 0 Å². The van der Waals surface area contributed by atoms with E-state index in [1.165, 1.54) is 6.33 Å². The van der Waals surface area contributed by atoms with Gasteiger partial charge in [-0.1, -0.05) is 11.6 Å². The van der Waals surface area contributed by atoms with Gasteiger partial charge in [0.25, 0.3) is 5.91 Å². The zero-order valence-electron chi connectivity index (χ0n) is 18.5. The first-order valence-electron chi connectivity index (χ1n) is 11.1. The molecular weight excluding hydrogens is 438 g/mol. The number of likely N-dealkylation sites (N-methyl/N-ethyl adjacent to an activating group) is 1. The Kier molecular flexibility index (Phi) is 6.15. The van der Waals surface area contributed by atoms with E-state index in [2.05, 4.69) is 38.2 Å². The largest absolute Gasteiger partial charge is 0.486 e. The second kappa shape index (κ2) is 9.37. The molecule has 2 aliphatic heterocycles. The molecule has 0 saturated carbocycles. The van der Waals surface area contributed by atoms with Crippen molar-refractivity contribution in [3.63, 3.8) is 0 Å². The normalized spacial score (nSPS) is 18.0. The fourth-order valence-corrected chi connectivity index (χ4v) is 4.60. The topological polar surface area (TPSA) is 70.6 Å². The highest BCUT2D eigenvalue weighted by atomic mass is 35.5. The van der Waals surface area contributed by atoms with Gasteiger partial charge in [-0.3, -0.25) is 4.79 Å². The summed E-state index contributed by atoms with van der Waals surface area (Å²) in [6, 6.07) is 11.7. The van der Waals surface area contributed by atoms with Crippen LogP contribution in [0.3, 0.4) is 0 Å². The van der Waals surface area contributed by atoms with Crippen LogP contribution in [-0.4, -0.2) is 66.7 Å². The Bertz CT molecular complexity index is 1130. The van der Waals surface area contributed by atoms with Crippen molar-refractivity contribution in [1.82, 2.24) is 20.2 Å². The van der Waals surface area contributed by atoms with Crippen molar-refractivity contribution >= 4 is 23.2 Å². The Morgan fingerprint density at radius 3 is 2.55 bits per heavy atom. The second-order valence-corrected chi connectivity index (χ2v) is 8.97. The number of anilines is 1. The number of fused-ring (bicyclic) bond motifs is 1. The second-order valence-electron chi connectivity index (χ2n) is 8.56. The van der Waals surface area contributed by atoms with Crippen LogP contribution in [-0.2, 0) is 6.42 Å². The highest BCUT2D eigenvalue weighted by molar-refractivity contribution is 6.32. The lowest BCUT2D eigenvalue weighted by atomic mass is 10.0. The van der Waals surface area contributed by atoms with E-state index in [4.69, 9.17) is 16.3 Å².